The van der Waals surface area contributed by atoms with Crippen LogP contribution in [0.3, 0.4) is 0 Å². The van der Waals surface area contributed by atoms with Gasteiger partial charge in [0.25, 0.3) is 0 Å². The first-order chi connectivity index (χ1) is 8.66. The molecule has 96 valence electrons. The lowest BCUT2D eigenvalue weighted by atomic mass is 10.1. The zero-order chi connectivity index (χ0) is 13.0. The van der Waals surface area contributed by atoms with Gasteiger partial charge in [0.15, 0.2) is 0 Å². The first-order valence-electron chi connectivity index (χ1n) is 6.19. The summed E-state index contributed by atoms with van der Waals surface area (Å²) in [7, 11) is 0. The predicted octanol–water partition coefficient (Wildman–Crippen LogP) is 4.17. The summed E-state index contributed by atoms with van der Waals surface area (Å²) < 4.78 is 13.5. The van der Waals surface area contributed by atoms with Gasteiger partial charge in [-0.1, -0.05) is 24.3 Å². The summed E-state index contributed by atoms with van der Waals surface area (Å²) in [5, 5.41) is 5.58. The van der Waals surface area contributed by atoms with Crippen LogP contribution in [0, 0.1) is 5.82 Å². The smallest absolute Gasteiger partial charge is 0.126 e. The third-order valence-electron chi connectivity index (χ3n) is 2.99. The second-order valence-corrected chi connectivity index (χ2v) is 5.58. The number of benzene rings is 1. The second-order valence-electron chi connectivity index (χ2n) is 4.60. The van der Waals surface area contributed by atoms with Crippen molar-refractivity contribution in [2.75, 3.05) is 0 Å². The standard InChI is InChI=1S/C15H18FNS/c1-11(10-13-6-3-4-7-14(13)16)17-12(2)15-8-5-9-18-15/h3-9,11-12,17H,10H2,1-2H3. The number of hydrogen-bond donors (Lipinski definition) is 1. The van der Waals surface area contributed by atoms with Crippen LogP contribution in [-0.4, -0.2) is 6.04 Å². The van der Waals surface area contributed by atoms with Gasteiger partial charge < -0.3 is 5.32 Å². The summed E-state index contributed by atoms with van der Waals surface area (Å²) in [6, 6.07) is 11.7. The second kappa shape index (κ2) is 6.12. The molecule has 18 heavy (non-hydrogen) atoms. The lowest BCUT2D eigenvalue weighted by Crippen LogP contribution is -2.30. The normalized spacial score (nSPS) is 14.4. The van der Waals surface area contributed by atoms with Gasteiger partial charge in [-0.15, -0.1) is 11.3 Å². The van der Waals surface area contributed by atoms with E-state index in [-0.39, 0.29) is 11.9 Å². The molecular formula is C15H18FNS. The van der Waals surface area contributed by atoms with Crippen LogP contribution in [0.4, 0.5) is 4.39 Å². The molecule has 0 fully saturated rings. The minimum Gasteiger partial charge on any atom is -0.307 e. The molecule has 0 amide bonds. The highest BCUT2D eigenvalue weighted by molar-refractivity contribution is 7.10. The summed E-state index contributed by atoms with van der Waals surface area (Å²) in [4.78, 5) is 1.32. The molecule has 0 spiro atoms. The zero-order valence-electron chi connectivity index (χ0n) is 10.7. The first-order valence-corrected chi connectivity index (χ1v) is 7.07. The van der Waals surface area contributed by atoms with Gasteiger partial charge in [0.1, 0.15) is 5.82 Å². The van der Waals surface area contributed by atoms with E-state index < -0.39 is 0 Å². The molecule has 2 aromatic rings. The number of rotatable bonds is 5. The van der Waals surface area contributed by atoms with E-state index in [2.05, 4.69) is 36.7 Å². The fraction of sp³-hybridized carbons (Fsp3) is 0.333. The van der Waals surface area contributed by atoms with Crippen molar-refractivity contribution in [3.8, 4) is 0 Å². The Bertz CT molecular complexity index is 481. The number of nitrogens with one attached hydrogen (secondary N) is 1. The molecule has 1 aromatic heterocycles. The zero-order valence-corrected chi connectivity index (χ0v) is 11.5. The van der Waals surface area contributed by atoms with Gasteiger partial charge in [-0.3, -0.25) is 0 Å². The lowest BCUT2D eigenvalue weighted by Gasteiger charge is -2.19. The molecule has 1 heterocycles. The molecule has 0 aliphatic rings. The Labute approximate surface area is 112 Å². The van der Waals surface area contributed by atoms with Crippen molar-refractivity contribution in [1.29, 1.82) is 0 Å². The average Bonchev–Trinajstić information content (AvgIpc) is 2.85. The van der Waals surface area contributed by atoms with Crippen molar-refractivity contribution in [2.45, 2.75) is 32.4 Å². The van der Waals surface area contributed by atoms with Gasteiger partial charge >= 0.3 is 0 Å². The Morgan fingerprint density at radius 3 is 2.61 bits per heavy atom. The highest BCUT2D eigenvalue weighted by atomic mass is 32.1. The SMILES string of the molecule is CC(Cc1ccccc1F)NC(C)c1cccs1. The van der Waals surface area contributed by atoms with Crippen molar-refractivity contribution in [1.82, 2.24) is 5.32 Å². The van der Waals surface area contributed by atoms with Crippen molar-refractivity contribution < 1.29 is 4.39 Å². The molecular weight excluding hydrogens is 245 g/mol. The molecule has 2 atom stereocenters. The molecule has 1 N–H and O–H groups in total. The van der Waals surface area contributed by atoms with Crippen molar-refractivity contribution in [2.24, 2.45) is 0 Å². The molecule has 0 radical (unpaired) electrons. The van der Waals surface area contributed by atoms with E-state index in [1.54, 1.807) is 17.4 Å². The van der Waals surface area contributed by atoms with E-state index in [0.29, 0.717) is 12.5 Å². The molecule has 2 unspecified atom stereocenters. The Kier molecular flexibility index (Phi) is 4.50. The summed E-state index contributed by atoms with van der Waals surface area (Å²) in [5.41, 5.74) is 0.774. The van der Waals surface area contributed by atoms with Crippen LogP contribution in [0.5, 0.6) is 0 Å². The maximum Gasteiger partial charge on any atom is 0.126 e. The van der Waals surface area contributed by atoms with Gasteiger partial charge in [0.2, 0.25) is 0 Å². The van der Waals surface area contributed by atoms with E-state index in [4.69, 9.17) is 0 Å². The summed E-state index contributed by atoms with van der Waals surface area (Å²) in [6.45, 7) is 4.24. The van der Waals surface area contributed by atoms with Gasteiger partial charge in [-0.05, 0) is 43.3 Å². The molecule has 1 nitrogen and oxygen atoms in total. The van der Waals surface area contributed by atoms with Crippen LogP contribution < -0.4 is 5.32 Å². The molecule has 1 aromatic carbocycles. The van der Waals surface area contributed by atoms with Crippen LogP contribution >= 0.6 is 11.3 Å². The minimum atomic E-state index is -0.116. The highest BCUT2D eigenvalue weighted by Crippen LogP contribution is 2.19. The topological polar surface area (TPSA) is 12.0 Å². The maximum absolute atomic E-state index is 13.5. The van der Waals surface area contributed by atoms with Crippen LogP contribution in [-0.2, 0) is 6.42 Å². The number of thiophene rings is 1. The molecule has 0 aliphatic heterocycles. The molecule has 0 saturated heterocycles. The third-order valence-corrected chi connectivity index (χ3v) is 4.04. The van der Waals surface area contributed by atoms with E-state index >= 15 is 0 Å². The highest BCUT2D eigenvalue weighted by Gasteiger charge is 2.12. The van der Waals surface area contributed by atoms with E-state index in [9.17, 15) is 4.39 Å². The van der Waals surface area contributed by atoms with Gasteiger partial charge in [0.05, 0.1) is 0 Å². The molecule has 3 heteroatoms. The largest absolute Gasteiger partial charge is 0.307 e. The fourth-order valence-corrected chi connectivity index (χ4v) is 2.84. The average molecular weight is 263 g/mol. The third kappa shape index (κ3) is 3.40. The van der Waals surface area contributed by atoms with Crippen LogP contribution in [0.1, 0.15) is 30.3 Å². The predicted molar refractivity (Wildman–Crippen MR) is 75.4 cm³/mol. The molecule has 0 saturated carbocycles. The van der Waals surface area contributed by atoms with E-state index in [0.717, 1.165) is 5.56 Å². The maximum atomic E-state index is 13.5. The summed E-state index contributed by atoms with van der Waals surface area (Å²) >= 11 is 1.75. The van der Waals surface area contributed by atoms with Crippen LogP contribution in [0.2, 0.25) is 0 Å². The number of halogens is 1. The molecule has 0 aliphatic carbocycles. The Morgan fingerprint density at radius 2 is 1.94 bits per heavy atom. The summed E-state index contributed by atoms with van der Waals surface area (Å²) in [6.07, 6.45) is 0.711. The molecule has 2 rings (SSSR count). The van der Waals surface area contributed by atoms with E-state index in [1.807, 2.05) is 12.1 Å². The quantitative estimate of drug-likeness (QED) is 0.853. The first kappa shape index (κ1) is 13.2. The van der Waals surface area contributed by atoms with E-state index in [1.165, 1.54) is 10.9 Å². The Hall–Kier alpha value is -1.19. The van der Waals surface area contributed by atoms with Crippen LogP contribution in [0.25, 0.3) is 0 Å². The monoisotopic (exact) mass is 263 g/mol. The Morgan fingerprint density at radius 1 is 1.17 bits per heavy atom. The molecule has 0 bridgehead atoms. The van der Waals surface area contributed by atoms with Crippen LogP contribution in [0.15, 0.2) is 41.8 Å². The Balaban J connectivity index is 1.93. The van der Waals surface area contributed by atoms with Gasteiger partial charge in [0, 0.05) is 17.0 Å². The fourth-order valence-electron chi connectivity index (χ4n) is 2.10. The van der Waals surface area contributed by atoms with Crippen molar-refractivity contribution >= 4 is 11.3 Å². The van der Waals surface area contributed by atoms with Crippen molar-refractivity contribution in [3.05, 3.63) is 58.0 Å². The van der Waals surface area contributed by atoms with Crippen molar-refractivity contribution in [3.63, 3.8) is 0 Å². The lowest BCUT2D eigenvalue weighted by molar-refractivity contribution is 0.473. The number of hydrogen-bond acceptors (Lipinski definition) is 2. The van der Waals surface area contributed by atoms with Gasteiger partial charge in [-0.2, -0.15) is 0 Å². The van der Waals surface area contributed by atoms with Gasteiger partial charge in [-0.25, -0.2) is 4.39 Å². The summed E-state index contributed by atoms with van der Waals surface area (Å²) in [5.74, 6) is -0.116. The minimum absolute atomic E-state index is 0.116.